The van der Waals surface area contributed by atoms with Crippen molar-refractivity contribution in [3.05, 3.63) is 29.3 Å². The molecule has 0 radical (unpaired) electrons. The Balaban J connectivity index is 3.43. The van der Waals surface area contributed by atoms with Crippen molar-refractivity contribution in [2.75, 3.05) is 6.26 Å². The SMILES string of the molecule is Cc1cc(C(C)(C)C)cc(S(C)(=O)=O)c1. The zero-order chi connectivity index (χ0) is 11.9. The van der Waals surface area contributed by atoms with Gasteiger partial charge in [-0.05, 0) is 35.6 Å². The molecule has 0 fully saturated rings. The highest BCUT2D eigenvalue weighted by atomic mass is 32.2. The molecular formula is C12H18O2S. The van der Waals surface area contributed by atoms with E-state index in [2.05, 4.69) is 20.8 Å². The monoisotopic (exact) mass is 226 g/mol. The first-order valence-electron chi connectivity index (χ1n) is 4.93. The van der Waals surface area contributed by atoms with Gasteiger partial charge in [-0.25, -0.2) is 8.42 Å². The molecule has 84 valence electrons. The summed E-state index contributed by atoms with van der Waals surface area (Å²) in [4.78, 5) is 0.410. The Bertz CT molecular complexity index is 465. The molecule has 1 rings (SSSR count). The largest absolute Gasteiger partial charge is 0.224 e. The standard InChI is InChI=1S/C12H18O2S/c1-9-6-10(12(2,3)4)8-11(7-9)15(5,13)14/h6-8H,1-5H3. The maximum absolute atomic E-state index is 11.5. The van der Waals surface area contributed by atoms with E-state index < -0.39 is 9.84 Å². The summed E-state index contributed by atoms with van der Waals surface area (Å²) in [7, 11) is -3.11. The minimum atomic E-state index is -3.11. The lowest BCUT2D eigenvalue weighted by Gasteiger charge is -2.20. The van der Waals surface area contributed by atoms with Gasteiger partial charge in [0, 0.05) is 6.26 Å². The van der Waals surface area contributed by atoms with Crippen molar-refractivity contribution < 1.29 is 8.42 Å². The number of hydrogen-bond acceptors (Lipinski definition) is 2. The van der Waals surface area contributed by atoms with E-state index in [-0.39, 0.29) is 5.41 Å². The molecule has 0 saturated carbocycles. The topological polar surface area (TPSA) is 34.1 Å². The number of sulfone groups is 1. The molecule has 0 bridgehead atoms. The van der Waals surface area contributed by atoms with Crippen molar-refractivity contribution in [1.82, 2.24) is 0 Å². The quantitative estimate of drug-likeness (QED) is 0.738. The lowest BCUT2D eigenvalue weighted by Crippen LogP contribution is -2.12. The summed E-state index contributed by atoms with van der Waals surface area (Å²) in [6.07, 6.45) is 1.24. The molecular weight excluding hydrogens is 208 g/mol. The van der Waals surface area contributed by atoms with Crippen molar-refractivity contribution in [2.45, 2.75) is 38.0 Å². The summed E-state index contributed by atoms with van der Waals surface area (Å²) in [5, 5.41) is 0. The highest BCUT2D eigenvalue weighted by molar-refractivity contribution is 7.90. The Morgan fingerprint density at radius 1 is 1.07 bits per heavy atom. The average Bonchev–Trinajstić information content (AvgIpc) is 1.99. The van der Waals surface area contributed by atoms with Crippen LogP contribution in [-0.4, -0.2) is 14.7 Å². The summed E-state index contributed by atoms with van der Waals surface area (Å²) in [6.45, 7) is 8.15. The summed E-state index contributed by atoms with van der Waals surface area (Å²) in [5.41, 5.74) is 2.02. The fourth-order valence-electron chi connectivity index (χ4n) is 1.40. The molecule has 1 aromatic carbocycles. The molecule has 0 unspecified atom stereocenters. The molecule has 0 amide bonds. The third-order valence-corrected chi connectivity index (χ3v) is 3.44. The first-order valence-corrected chi connectivity index (χ1v) is 6.82. The van der Waals surface area contributed by atoms with Gasteiger partial charge in [0.2, 0.25) is 0 Å². The average molecular weight is 226 g/mol. The second-order valence-electron chi connectivity index (χ2n) is 5.06. The Labute approximate surface area is 92.2 Å². The Hall–Kier alpha value is -0.830. The summed E-state index contributed by atoms with van der Waals surface area (Å²) in [6, 6.07) is 5.52. The first kappa shape index (κ1) is 12.2. The number of rotatable bonds is 1. The van der Waals surface area contributed by atoms with E-state index in [4.69, 9.17) is 0 Å². The van der Waals surface area contributed by atoms with Gasteiger partial charge in [-0.3, -0.25) is 0 Å². The van der Waals surface area contributed by atoms with Crippen LogP contribution in [0.25, 0.3) is 0 Å². The van der Waals surface area contributed by atoms with Crippen LogP contribution in [0, 0.1) is 6.92 Å². The highest BCUT2D eigenvalue weighted by Gasteiger charge is 2.17. The summed E-state index contributed by atoms with van der Waals surface area (Å²) >= 11 is 0. The van der Waals surface area contributed by atoms with Crippen molar-refractivity contribution >= 4 is 9.84 Å². The molecule has 0 spiro atoms. The van der Waals surface area contributed by atoms with Crippen LogP contribution in [0.15, 0.2) is 23.1 Å². The van der Waals surface area contributed by atoms with Crippen LogP contribution < -0.4 is 0 Å². The third kappa shape index (κ3) is 3.06. The zero-order valence-corrected chi connectivity index (χ0v) is 10.8. The molecule has 3 heteroatoms. The van der Waals surface area contributed by atoms with Gasteiger partial charge in [-0.2, -0.15) is 0 Å². The summed E-state index contributed by atoms with van der Waals surface area (Å²) in [5.74, 6) is 0. The Kier molecular flexibility index (Phi) is 2.97. The number of benzene rings is 1. The van der Waals surface area contributed by atoms with Gasteiger partial charge in [-0.15, -0.1) is 0 Å². The van der Waals surface area contributed by atoms with E-state index in [0.29, 0.717) is 4.90 Å². The van der Waals surface area contributed by atoms with Crippen molar-refractivity contribution in [3.8, 4) is 0 Å². The van der Waals surface area contributed by atoms with Gasteiger partial charge in [0.1, 0.15) is 0 Å². The van der Waals surface area contributed by atoms with Gasteiger partial charge < -0.3 is 0 Å². The molecule has 0 heterocycles. The van der Waals surface area contributed by atoms with E-state index >= 15 is 0 Å². The third-order valence-electron chi connectivity index (χ3n) is 2.35. The molecule has 2 nitrogen and oxygen atoms in total. The van der Waals surface area contributed by atoms with Crippen LogP contribution in [-0.2, 0) is 15.3 Å². The summed E-state index contributed by atoms with van der Waals surface area (Å²) < 4.78 is 22.9. The Morgan fingerprint density at radius 3 is 2.00 bits per heavy atom. The van der Waals surface area contributed by atoms with E-state index in [1.54, 1.807) is 12.1 Å². The van der Waals surface area contributed by atoms with Crippen molar-refractivity contribution in [3.63, 3.8) is 0 Å². The molecule has 0 aliphatic rings. The zero-order valence-electron chi connectivity index (χ0n) is 9.96. The van der Waals surface area contributed by atoms with Gasteiger partial charge in [-0.1, -0.05) is 26.8 Å². The van der Waals surface area contributed by atoms with Crippen LogP contribution in [0.1, 0.15) is 31.9 Å². The minimum Gasteiger partial charge on any atom is -0.224 e. The highest BCUT2D eigenvalue weighted by Crippen LogP contribution is 2.26. The van der Waals surface area contributed by atoms with Crippen LogP contribution in [0.3, 0.4) is 0 Å². The number of hydrogen-bond donors (Lipinski definition) is 0. The minimum absolute atomic E-state index is 0.0224. The molecule has 0 atom stereocenters. The van der Waals surface area contributed by atoms with Crippen LogP contribution in [0.5, 0.6) is 0 Å². The van der Waals surface area contributed by atoms with Crippen LogP contribution in [0.4, 0.5) is 0 Å². The molecule has 15 heavy (non-hydrogen) atoms. The van der Waals surface area contributed by atoms with E-state index in [1.165, 1.54) is 6.26 Å². The Morgan fingerprint density at radius 2 is 1.60 bits per heavy atom. The predicted octanol–water partition coefficient (Wildman–Crippen LogP) is 2.70. The molecule has 0 aliphatic carbocycles. The lowest BCUT2D eigenvalue weighted by molar-refractivity contribution is 0.584. The molecule has 0 aliphatic heterocycles. The van der Waals surface area contributed by atoms with E-state index in [0.717, 1.165) is 11.1 Å². The van der Waals surface area contributed by atoms with Crippen molar-refractivity contribution in [2.24, 2.45) is 0 Å². The molecule has 0 saturated heterocycles. The first-order chi connectivity index (χ1) is 6.60. The van der Waals surface area contributed by atoms with Crippen LogP contribution >= 0.6 is 0 Å². The number of aryl methyl sites for hydroxylation is 1. The maximum Gasteiger partial charge on any atom is 0.175 e. The maximum atomic E-state index is 11.5. The lowest BCUT2D eigenvalue weighted by atomic mass is 9.86. The van der Waals surface area contributed by atoms with Gasteiger partial charge >= 0.3 is 0 Å². The van der Waals surface area contributed by atoms with Gasteiger partial charge in [0.15, 0.2) is 9.84 Å². The van der Waals surface area contributed by atoms with Crippen LogP contribution in [0.2, 0.25) is 0 Å². The fraction of sp³-hybridized carbons (Fsp3) is 0.500. The predicted molar refractivity (Wildman–Crippen MR) is 63.0 cm³/mol. The second kappa shape index (κ2) is 3.63. The van der Waals surface area contributed by atoms with Gasteiger partial charge in [0.05, 0.1) is 4.90 Å². The normalized spacial score (nSPS) is 12.9. The molecule has 1 aromatic rings. The second-order valence-corrected chi connectivity index (χ2v) is 7.07. The van der Waals surface area contributed by atoms with Gasteiger partial charge in [0.25, 0.3) is 0 Å². The molecule has 0 aromatic heterocycles. The fourth-order valence-corrected chi connectivity index (χ4v) is 2.14. The van der Waals surface area contributed by atoms with E-state index in [9.17, 15) is 8.42 Å². The smallest absolute Gasteiger partial charge is 0.175 e. The van der Waals surface area contributed by atoms with E-state index in [1.807, 2.05) is 13.0 Å². The molecule has 0 N–H and O–H groups in total. The van der Waals surface area contributed by atoms with Crippen molar-refractivity contribution in [1.29, 1.82) is 0 Å².